The molecule has 1 heterocycles. The van der Waals surface area contributed by atoms with Gasteiger partial charge in [0.1, 0.15) is 6.61 Å². The summed E-state index contributed by atoms with van der Waals surface area (Å²) in [6.07, 6.45) is 1.36. The summed E-state index contributed by atoms with van der Waals surface area (Å²) in [4.78, 5) is 25.0. The molecule has 0 bridgehead atoms. The van der Waals surface area contributed by atoms with Crippen LogP contribution in [0.15, 0.2) is 18.2 Å². The van der Waals surface area contributed by atoms with Crippen LogP contribution in [-0.4, -0.2) is 41.5 Å². The van der Waals surface area contributed by atoms with Gasteiger partial charge in [-0.2, -0.15) is 0 Å². The van der Waals surface area contributed by atoms with E-state index in [0.29, 0.717) is 18.7 Å². The number of hydrogen-bond donors (Lipinski definition) is 2. The monoisotopic (exact) mass is 286 g/mol. The van der Waals surface area contributed by atoms with E-state index < -0.39 is 0 Å². The van der Waals surface area contributed by atoms with Crippen molar-refractivity contribution < 1.29 is 14.7 Å². The number of aryl methyl sites for hydroxylation is 1. The Morgan fingerprint density at radius 3 is 2.90 bits per heavy atom. The van der Waals surface area contributed by atoms with Gasteiger partial charge in [-0.25, -0.2) is 0 Å². The molecular formula is C16H18N2O3. The first-order valence-corrected chi connectivity index (χ1v) is 6.88. The molecule has 0 saturated carbocycles. The Morgan fingerprint density at radius 2 is 2.29 bits per heavy atom. The van der Waals surface area contributed by atoms with Crippen LogP contribution in [0.5, 0.6) is 0 Å². The van der Waals surface area contributed by atoms with E-state index in [4.69, 9.17) is 5.11 Å². The number of carbonyl (C=O) groups is 2. The topological polar surface area (TPSA) is 69.6 Å². The molecule has 5 heteroatoms. The molecule has 21 heavy (non-hydrogen) atoms. The second-order valence-electron chi connectivity index (χ2n) is 4.96. The van der Waals surface area contributed by atoms with Gasteiger partial charge in [0.25, 0.3) is 0 Å². The van der Waals surface area contributed by atoms with Gasteiger partial charge in [0, 0.05) is 24.2 Å². The molecule has 5 nitrogen and oxygen atoms in total. The molecule has 0 spiro atoms. The highest BCUT2D eigenvalue weighted by Crippen LogP contribution is 2.15. The van der Waals surface area contributed by atoms with Crippen molar-refractivity contribution in [2.75, 3.05) is 25.0 Å². The maximum atomic E-state index is 11.9. The van der Waals surface area contributed by atoms with Crippen LogP contribution in [0.1, 0.15) is 24.0 Å². The second-order valence-corrected chi connectivity index (χ2v) is 4.96. The minimum atomic E-state index is -0.196. The summed E-state index contributed by atoms with van der Waals surface area (Å²) < 4.78 is 0. The summed E-state index contributed by atoms with van der Waals surface area (Å²) >= 11 is 0. The van der Waals surface area contributed by atoms with Gasteiger partial charge in [0.15, 0.2) is 0 Å². The molecule has 0 radical (unpaired) electrons. The number of benzene rings is 1. The zero-order valence-electron chi connectivity index (χ0n) is 12.0. The standard InChI is InChI=1S/C16H18N2O3/c1-12-10-14(7-6-13(12)4-3-9-19)17-15(20)11-18-8-2-5-16(18)21/h6-7,10,19H,2,5,8-9,11H2,1H3,(H,17,20). The summed E-state index contributed by atoms with van der Waals surface area (Å²) in [6.45, 7) is 2.47. The molecule has 0 aliphatic carbocycles. The molecule has 0 unspecified atom stereocenters. The fourth-order valence-corrected chi connectivity index (χ4v) is 2.26. The predicted octanol–water partition coefficient (Wildman–Crippen LogP) is 0.900. The quantitative estimate of drug-likeness (QED) is 0.811. The van der Waals surface area contributed by atoms with Crippen molar-refractivity contribution in [3.63, 3.8) is 0 Å². The number of nitrogens with zero attached hydrogens (tertiary/aromatic N) is 1. The number of hydrogen-bond acceptors (Lipinski definition) is 3. The first-order chi connectivity index (χ1) is 10.1. The summed E-state index contributed by atoms with van der Waals surface area (Å²) in [5.74, 6) is 5.28. The fraction of sp³-hybridized carbons (Fsp3) is 0.375. The second kappa shape index (κ2) is 6.91. The number of nitrogens with one attached hydrogen (secondary N) is 1. The lowest BCUT2D eigenvalue weighted by Gasteiger charge is -2.15. The van der Waals surface area contributed by atoms with Crippen LogP contribution in [0, 0.1) is 18.8 Å². The van der Waals surface area contributed by atoms with Crippen LogP contribution >= 0.6 is 0 Å². The minimum absolute atomic E-state index is 0.0379. The number of rotatable bonds is 3. The minimum Gasteiger partial charge on any atom is -0.384 e. The van der Waals surface area contributed by atoms with Crippen molar-refractivity contribution in [2.24, 2.45) is 0 Å². The highest BCUT2D eigenvalue weighted by atomic mass is 16.2. The van der Waals surface area contributed by atoms with Crippen molar-refractivity contribution >= 4 is 17.5 Å². The number of anilines is 1. The van der Waals surface area contributed by atoms with E-state index in [-0.39, 0.29) is 25.0 Å². The Kier molecular flexibility index (Phi) is 4.96. The molecule has 1 aromatic rings. The smallest absolute Gasteiger partial charge is 0.243 e. The van der Waals surface area contributed by atoms with Gasteiger partial charge in [0.05, 0.1) is 6.54 Å². The maximum Gasteiger partial charge on any atom is 0.243 e. The van der Waals surface area contributed by atoms with Gasteiger partial charge in [-0.3, -0.25) is 9.59 Å². The van der Waals surface area contributed by atoms with Gasteiger partial charge in [-0.1, -0.05) is 11.8 Å². The van der Waals surface area contributed by atoms with Crippen LogP contribution in [0.25, 0.3) is 0 Å². The van der Waals surface area contributed by atoms with Gasteiger partial charge in [-0.05, 0) is 37.1 Å². The normalized spacial score (nSPS) is 13.8. The third-order valence-corrected chi connectivity index (χ3v) is 3.32. The van der Waals surface area contributed by atoms with Crippen LogP contribution in [0.3, 0.4) is 0 Å². The van der Waals surface area contributed by atoms with E-state index in [0.717, 1.165) is 17.5 Å². The number of aliphatic hydroxyl groups excluding tert-OH is 1. The molecule has 1 saturated heterocycles. The third kappa shape index (κ3) is 4.07. The lowest BCUT2D eigenvalue weighted by molar-refractivity contribution is -0.131. The lowest BCUT2D eigenvalue weighted by atomic mass is 10.1. The van der Waals surface area contributed by atoms with E-state index in [9.17, 15) is 9.59 Å². The van der Waals surface area contributed by atoms with Gasteiger partial charge >= 0.3 is 0 Å². The fourth-order valence-electron chi connectivity index (χ4n) is 2.26. The molecule has 1 aliphatic heterocycles. The average Bonchev–Trinajstić information content (AvgIpc) is 2.83. The summed E-state index contributed by atoms with van der Waals surface area (Å²) in [5.41, 5.74) is 2.42. The molecule has 0 atom stereocenters. The molecule has 2 amide bonds. The van der Waals surface area contributed by atoms with Crippen LogP contribution in [0.4, 0.5) is 5.69 Å². The highest BCUT2D eigenvalue weighted by Gasteiger charge is 2.22. The Labute approximate surface area is 124 Å². The zero-order chi connectivity index (χ0) is 15.2. The molecule has 1 fully saturated rings. The van der Waals surface area contributed by atoms with E-state index in [2.05, 4.69) is 17.2 Å². The van der Waals surface area contributed by atoms with Crippen LogP contribution in [0.2, 0.25) is 0 Å². The molecule has 2 rings (SSSR count). The number of aliphatic hydroxyl groups is 1. The number of likely N-dealkylation sites (tertiary alicyclic amines) is 1. The van der Waals surface area contributed by atoms with Crippen LogP contribution in [-0.2, 0) is 9.59 Å². The molecule has 2 N–H and O–H groups in total. The van der Waals surface area contributed by atoms with E-state index in [1.165, 1.54) is 0 Å². The SMILES string of the molecule is Cc1cc(NC(=O)CN2CCCC2=O)ccc1C#CCO. The first-order valence-electron chi connectivity index (χ1n) is 6.88. The first kappa shape index (κ1) is 15.1. The largest absolute Gasteiger partial charge is 0.384 e. The molecule has 1 aliphatic rings. The van der Waals surface area contributed by atoms with Crippen molar-refractivity contribution in [3.8, 4) is 11.8 Å². The van der Waals surface area contributed by atoms with Crippen molar-refractivity contribution in [1.29, 1.82) is 0 Å². The molecule has 1 aromatic carbocycles. The average molecular weight is 286 g/mol. The predicted molar refractivity (Wildman–Crippen MR) is 79.6 cm³/mol. The Bertz CT molecular complexity index is 614. The Hall–Kier alpha value is -2.32. The third-order valence-electron chi connectivity index (χ3n) is 3.32. The summed E-state index contributed by atoms with van der Waals surface area (Å²) in [5, 5.41) is 11.5. The highest BCUT2D eigenvalue weighted by molar-refractivity contribution is 5.95. The lowest BCUT2D eigenvalue weighted by Crippen LogP contribution is -2.33. The molecule has 0 aromatic heterocycles. The van der Waals surface area contributed by atoms with E-state index >= 15 is 0 Å². The van der Waals surface area contributed by atoms with Gasteiger partial charge < -0.3 is 15.3 Å². The van der Waals surface area contributed by atoms with E-state index in [1.807, 2.05) is 13.0 Å². The maximum absolute atomic E-state index is 11.9. The molecular weight excluding hydrogens is 268 g/mol. The Balaban J connectivity index is 1.98. The van der Waals surface area contributed by atoms with Crippen molar-refractivity contribution in [3.05, 3.63) is 29.3 Å². The summed E-state index contributed by atoms with van der Waals surface area (Å²) in [6, 6.07) is 5.39. The van der Waals surface area contributed by atoms with Gasteiger partial charge in [-0.15, -0.1) is 0 Å². The summed E-state index contributed by atoms with van der Waals surface area (Å²) in [7, 11) is 0. The van der Waals surface area contributed by atoms with Crippen molar-refractivity contribution in [1.82, 2.24) is 4.90 Å². The van der Waals surface area contributed by atoms with E-state index in [1.54, 1.807) is 17.0 Å². The number of amides is 2. The van der Waals surface area contributed by atoms with Crippen molar-refractivity contribution in [2.45, 2.75) is 19.8 Å². The van der Waals surface area contributed by atoms with Crippen LogP contribution < -0.4 is 5.32 Å². The zero-order valence-corrected chi connectivity index (χ0v) is 12.0. The van der Waals surface area contributed by atoms with Gasteiger partial charge in [0.2, 0.25) is 11.8 Å². The number of carbonyl (C=O) groups excluding carboxylic acids is 2. The Morgan fingerprint density at radius 1 is 1.48 bits per heavy atom. The molecule has 110 valence electrons.